The summed E-state index contributed by atoms with van der Waals surface area (Å²) in [4.78, 5) is 37.0. The maximum atomic E-state index is 11.8. The van der Waals surface area contributed by atoms with Gasteiger partial charge in [0.2, 0.25) is 5.88 Å². The number of rotatable bonds is 6. The van der Waals surface area contributed by atoms with E-state index in [4.69, 9.17) is 14.3 Å². The number of aromatic nitrogens is 2. The number of ether oxygens (including phenoxy) is 2. The molecule has 0 saturated carbocycles. The summed E-state index contributed by atoms with van der Waals surface area (Å²) in [7, 11) is 0. The van der Waals surface area contributed by atoms with Crippen molar-refractivity contribution in [3.8, 4) is 5.88 Å². The Morgan fingerprint density at radius 1 is 1.16 bits per heavy atom. The van der Waals surface area contributed by atoms with Crippen LogP contribution >= 0.6 is 0 Å². The zero-order valence-electron chi connectivity index (χ0n) is 17.7. The summed E-state index contributed by atoms with van der Waals surface area (Å²) >= 11 is 0. The summed E-state index contributed by atoms with van der Waals surface area (Å²) in [6.07, 6.45) is 3.27. The Balaban J connectivity index is 1.29. The molecule has 0 atom stereocenters. The van der Waals surface area contributed by atoms with Crippen molar-refractivity contribution in [3.05, 3.63) is 41.7 Å². The van der Waals surface area contributed by atoms with E-state index in [0.717, 1.165) is 23.2 Å². The Labute approximate surface area is 180 Å². The SMILES string of the molecule is CC(C)OC(=O)ON1CCC(Oc2cc(Nc3ccc4c(c3)CCC4=O)ncn2)CC1. The number of ketones is 1. The van der Waals surface area contributed by atoms with Gasteiger partial charge in [0, 0.05) is 49.7 Å². The number of Topliss-reactive ketones (excluding diaryl/α,β-unsaturated/α-hetero) is 1. The maximum absolute atomic E-state index is 11.8. The van der Waals surface area contributed by atoms with E-state index >= 15 is 0 Å². The summed E-state index contributed by atoms with van der Waals surface area (Å²) in [5.41, 5.74) is 2.74. The van der Waals surface area contributed by atoms with Crippen molar-refractivity contribution in [2.75, 3.05) is 18.4 Å². The fourth-order valence-electron chi connectivity index (χ4n) is 3.68. The monoisotopic (exact) mass is 426 g/mol. The van der Waals surface area contributed by atoms with Crippen LogP contribution in [0.15, 0.2) is 30.6 Å². The van der Waals surface area contributed by atoms with Crippen LogP contribution in [0.5, 0.6) is 5.88 Å². The fourth-order valence-corrected chi connectivity index (χ4v) is 3.68. The number of nitrogens with zero attached hydrogens (tertiary/aromatic N) is 3. The van der Waals surface area contributed by atoms with E-state index in [9.17, 15) is 9.59 Å². The van der Waals surface area contributed by atoms with Crippen molar-refractivity contribution >= 4 is 23.4 Å². The molecule has 164 valence electrons. The molecule has 1 aliphatic carbocycles. The predicted octanol–water partition coefficient (Wildman–Crippen LogP) is 3.67. The predicted molar refractivity (Wildman–Crippen MR) is 112 cm³/mol. The molecule has 31 heavy (non-hydrogen) atoms. The lowest BCUT2D eigenvalue weighted by Gasteiger charge is -2.30. The number of fused-ring (bicyclic) bond motifs is 1. The summed E-state index contributed by atoms with van der Waals surface area (Å²) in [5, 5.41) is 4.84. The number of piperidine rings is 1. The lowest BCUT2D eigenvalue weighted by molar-refractivity contribution is -0.151. The molecular weight excluding hydrogens is 400 g/mol. The largest absolute Gasteiger partial charge is 0.528 e. The van der Waals surface area contributed by atoms with Crippen LogP contribution in [0, 0.1) is 0 Å². The van der Waals surface area contributed by atoms with Crippen LogP contribution in [0.25, 0.3) is 0 Å². The van der Waals surface area contributed by atoms with Crippen molar-refractivity contribution in [2.45, 2.75) is 51.7 Å². The molecule has 0 amide bonds. The van der Waals surface area contributed by atoms with Gasteiger partial charge in [-0.05, 0) is 44.0 Å². The normalized spacial score (nSPS) is 16.8. The number of nitrogens with one attached hydrogen (secondary N) is 1. The lowest BCUT2D eigenvalue weighted by Crippen LogP contribution is -2.40. The number of aryl methyl sites for hydroxylation is 1. The summed E-state index contributed by atoms with van der Waals surface area (Å²) in [5.74, 6) is 1.30. The highest BCUT2D eigenvalue weighted by Crippen LogP contribution is 2.27. The first kappa shape index (κ1) is 21.0. The highest BCUT2D eigenvalue weighted by Gasteiger charge is 2.24. The Hall–Kier alpha value is -3.20. The molecule has 2 heterocycles. The van der Waals surface area contributed by atoms with E-state index in [0.29, 0.717) is 44.0 Å². The van der Waals surface area contributed by atoms with E-state index in [1.807, 2.05) is 18.2 Å². The highest BCUT2D eigenvalue weighted by molar-refractivity contribution is 6.00. The molecule has 1 aromatic heterocycles. The minimum absolute atomic E-state index is 0.0327. The molecule has 9 nitrogen and oxygen atoms in total. The van der Waals surface area contributed by atoms with Crippen LogP contribution in [0.1, 0.15) is 49.0 Å². The van der Waals surface area contributed by atoms with Crippen LogP contribution in [-0.4, -0.2) is 52.3 Å². The number of hydroxylamine groups is 2. The molecule has 0 spiro atoms. The molecule has 2 aromatic rings. The van der Waals surface area contributed by atoms with Crippen LogP contribution in [0.4, 0.5) is 16.3 Å². The van der Waals surface area contributed by atoms with Crippen LogP contribution < -0.4 is 10.1 Å². The lowest BCUT2D eigenvalue weighted by atomic mass is 10.1. The number of hydrogen-bond acceptors (Lipinski definition) is 9. The molecule has 4 rings (SSSR count). The second kappa shape index (κ2) is 9.30. The average Bonchev–Trinajstić information content (AvgIpc) is 3.09. The molecule has 1 fully saturated rings. The second-order valence-electron chi connectivity index (χ2n) is 7.92. The number of benzene rings is 1. The average molecular weight is 426 g/mol. The molecule has 0 bridgehead atoms. The number of carbonyl (C=O) groups is 2. The van der Waals surface area contributed by atoms with Gasteiger partial charge < -0.3 is 19.6 Å². The van der Waals surface area contributed by atoms with Gasteiger partial charge in [0.15, 0.2) is 5.78 Å². The van der Waals surface area contributed by atoms with E-state index in [1.165, 1.54) is 6.33 Å². The standard InChI is InChI=1S/C22H26N4O5/c1-14(2)29-22(28)31-26-9-7-17(8-10-26)30-21-12-20(23-13-24-21)25-16-4-5-18-15(11-16)3-6-19(18)27/h4-5,11-14,17H,3,6-10H2,1-2H3,(H,23,24,25). The quantitative estimate of drug-likeness (QED) is 0.693. The van der Waals surface area contributed by atoms with Gasteiger partial charge in [-0.25, -0.2) is 14.8 Å². The summed E-state index contributed by atoms with van der Waals surface area (Å²) in [6.45, 7) is 4.67. The van der Waals surface area contributed by atoms with Gasteiger partial charge in [-0.3, -0.25) is 4.79 Å². The third-order valence-electron chi connectivity index (χ3n) is 5.17. The number of carbonyl (C=O) groups excluding carboxylic acids is 2. The van der Waals surface area contributed by atoms with Gasteiger partial charge in [-0.1, -0.05) is 0 Å². The third-order valence-corrected chi connectivity index (χ3v) is 5.17. The molecule has 0 unspecified atom stereocenters. The maximum Gasteiger partial charge on any atom is 0.528 e. The zero-order chi connectivity index (χ0) is 21.8. The first-order valence-electron chi connectivity index (χ1n) is 10.5. The van der Waals surface area contributed by atoms with Crippen molar-refractivity contribution in [1.29, 1.82) is 0 Å². The molecule has 0 radical (unpaired) electrons. The molecule has 9 heteroatoms. The van der Waals surface area contributed by atoms with E-state index < -0.39 is 6.16 Å². The molecule has 1 aliphatic heterocycles. The van der Waals surface area contributed by atoms with E-state index in [-0.39, 0.29) is 18.0 Å². The molecule has 2 aliphatic rings. The van der Waals surface area contributed by atoms with E-state index in [2.05, 4.69) is 15.3 Å². The van der Waals surface area contributed by atoms with Crippen molar-refractivity contribution in [1.82, 2.24) is 15.0 Å². The van der Waals surface area contributed by atoms with E-state index in [1.54, 1.807) is 25.0 Å². The number of hydrogen-bond donors (Lipinski definition) is 1. The summed E-state index contributed by atoms with van der Waals surface area (Å²) < 4.78 is 11.0. The zero-order valence-corrected chi connectivity index (χ0v) is 17.7. The van der Waals surface area contributed by atoms with Gasteiger partial charge >= 0.3 is 6.16 Å². The van der Waals surface area contributed by atoms with Gasteiger partial charge in [0.25, 0.3) is 0 Å². The minimum atomic E-state index is -0.684. The van der Waals surface area contributed by atoms with Gasteiger partial charge in [0.05, 0.1) is 6.10 Å². The Morgan fingerprint density at radius 3 is 2.74 bits per heavy atom. The topological polar surface area (TPSA) is 103 Å². The molecule has 1 saturated heterocycles. The molecule has 1 N–H and O–H groups in total. The third kappa shape index (κ3) is 5.49. The molecule has 1 aromatic carbocycles. The fraction of sp³-hybridized carbons (Fsp3) is 0.455. The van der Waals surface area contributed by atoms with Crippen LogP contribution in [-0.2, 0) is 16.0 Å². The van der Waals surface area contributed by atoms with Crippen molar-refractivity contribution < 1.29 is 23.9 Å². The molecular formula is C22H26N4O5. The first-order valence-corrected chi connectivity index (χ1v) is 10.5. The van der Waals surface area contributed by atoms with Crippen molar-refractivity contribution in [2.24, 2.45) is 0 Å². The van der Waals surface area contributed by atoms with Crippen LogP contribution in [0.3, 0.4) is 0 Å². The van der Waals surface area contributed by atoms with Gasteiger partial charge in [0.1, 0.15) is 18.2 Å². The smallest absolute Gasteiger partial charge is 0.474 e. The Kier molecular flexibility index (Phi) is 6.31. The Bertz CT molecular complexity index is 957. The van der Waals surface area contributed by atoms with Gasteiger partial charge in [-0.2, -0.15) is 0 Å². The van der Waals surface area contributed by atoms with Crippen molar-refractivity contribution in [3.63, 3.8) is 0 Å². The van der Waals surface area contributed by atoms with Gasteiger partial charge in [-0.15, -0.1) is 5.06 Å². The summed E-state index contributed by atoms with van der Waals surface area (Å²) in [6, 6.07) is 7.48. The highest BCUT2D eigenvalue weighted by atomic mass is 16.8. The second-order valence-corrected chi connectivity index (χ2v) is 7.92. The Morgan fingerprint density at radius 2 is 1.97 bits per heavy atom. The van der Waals surface area contributed by atoms with Crippen LogP contribution in [0.2, 0.25) is 0 Å². The number of anilines is 2. The first-order chi connectivity index (χ1) is 15.0. The minimum Gasteiger partial charge on any atom is -0.474 e.